The summed E-state index contributed by atoms with van der Waals surface area (Å²) in [4.78, 5) is 22.2. The molecule has 0 fully saturated rings. The maximum atomic E-state index is 11.5. The molecule has 4 N–H and O–H groups in total. The van der Waals surface area contributed by atoms with Gasteiger partial charge in [0, 0.05) is 12.3 Å². The van der Waals surface area contributed by atoms with E-state index < -0.39 is 5.97 Å². The molecular weight excluding hydrogens is 306 g/mol. The van der Waals surface area contributed by atoms with Crippen molar-refractivity contribution in [2.24, 2.45) is 17.6 Å². The molecule has 0 spiro atoms. The molecule has 5 nitrogen and oxygen atoms in total. The zero-order valence-corrected chi connectivity index (χ0v) is 15.5. The highest BCUT2D eigenvalue weighted by Gasteiger charge is 2.16. The molecule has 3 atom stereocenters. The smallest absolute Gasteiger partial charge is 0.303 e. The number of carbonyl (C=O) groups excluding carboxylic acids is 1. The van der Waals surface area contributed by atoms with Gasteiger partial charge in [0.2, 0.25) is 5.91 Å². The largest absolute Gasteiger partial charge is 0.481 e. The number of amides is 1. The summed E-state index contributed by atoms with van der Waals surface area (Å²) in [5.41, 5.74) is 5.48. The van der Waals surface area contributed by atoms with E-state index in [9.17, 15) is 14.7 Å². The number of aliphatic hydroxyl groups is 1. The molecule has 0 bridgehead atoms. The number of aliphatic hydroxyl groups excluding tert-OH is 1. The first-order valence-corrected chi connectivity index (χ1v) is 9.55. The van der Waals surface area contributed by atoms with Crippen LogP contribution in [0.4, 0.5) is 0 Å². The Hall–Kier alpha value is -1.10. The van der Waals surface area contributed by atoms with Gasteiger partial charge in [0.15, 0.2) is 0 Å². The molecule has 0 aromatic heterocycles. The number of primary amides is 1. The van der Waals surface area contributed by atoms with Crippen molar-refractivity contribution in [3.05, 3.63) is 0 Å². The molecule has 0 saturated carbocycles. The summed E-state index contributed by atoms with van der Waals surface area (Å²) < 4.78 is 0. The fourth-order valence-corrected chi connectivity index (χ4v) is 3.09. The third-order valence-corrected chi connectivity index (χ3v) is 4.66. The van der Waals surface area contributed by atoms with Crippen molar-refractivity contribution in [1.82, 2.24) is 0 Å². The number of carboxylic acid groups (broad SMARTS) is 1. The van der Waals surface area contributed by atoms with E-state index >= 15 is 0 Å². The van der Waals surface area contributed by atoms with Crippen LogP contribution in [-0.2, 0) is 9.59 Å². The van der Waals surface area contributed by atoms with Gasteiger partial charge in [-0.15, -0.1) is 0 Å². The van der Waals surface area contributed by atoms with Gasteiger partial charge in [0.1, 0.15) is 0 Å². The van der Waals surface area contributed by atoms with E-state index in [2.05, 4.69) is 6.92 Å². The number of aliphatic carboxylic acids is 1. The maximum absolute atomic E-state index is 11.5. The second-order valence-corrected chi connectivity index (χ2v) is 7.17. The Balaban J connectivity index is 3.85. The molecular formula is C19H37NO4. The summed E-state index contributed by atoms with van der Waals surface area (Å²) in [5.74, 6) is -0.959. The summed E-state index contributed by atoms with van der Waals surface area (Å²) in [7, 11) is 0. The highest BCUT2D eigenvalue weighted by molar-refractivity contribution is 5.76. The van der Waals surface area contributed by atoms with Crippen molar-refractivity contribution in [3.8, 4) is 0 Å². The van der Waals surface area contributed by atoms with Gasteiger partial charge >= 0.3 is 5.97 Å². The van der Waals surface area contributed by atoms with E-state index in [4.69, 9.17) is 10.8 Å². The molecule has 3 unspecified atom stereocenters. The van der Waals surface area contributed by atoms with Gasteiger partial charge in [-0.1, -0.05) is 58.8 Å². The highest BCUT2D eigenvalue weighted by Crippen LogP contribution is 2.20. The lowest BCUT2D eigenvalue weighted by Gasteiger charge is -2.15. The molecule has 0 rings (SSSR count). The molecule has 0 saturated heterocycles. The number of carboxylic acids is 1. The van der Waals surface area contributed by atoms with Gasteiger partial charge in [-0.2, -0.15) is 0 Å². The second-order valence-electron chi connectivity index (χ2n) is 7.17. The topological polar surface area (TPSA) is 101 Å². The zero-order chi connectivity index (χ0) is 18.4. The second kappa shape index (κ2) is 14.3. The van der Waals surface area contributed by atoms with Crippen LogP contribution in [0.3, 0.4) is 0 Å². The van der Waals surface area contributed by atoms with Crippen LogP contribution in [0.2, 0.25) is 0 Å². The first kappa shape index (κ1) is 22.9. The van der Waals surface area contributed by atoms with Crippen molar-refractivity contribution in [1.29, 1.82) is 0 Å². The first-order chi connectivity index (χ1) is 11.4. The predicted molar refractivity (Wildman–Crippen MR) is 96.6 cm³/mol. The number of rotatable bonds is 16. The van der Waals surface area contributed by atoms with Gasteiger partial charge in [-0.3, -0.25) is 9.59 Å². The molecule has 0 aliphatic heterocycles. The molecule has 0 aliphatic rings. The minimum absolute atomic E-state index is 0.123. The van der Waals surface area contributed by atoms with Crippen LogP contribution in [0.5, 0.6) is 0 Å². The maximum Gasteiger partial charge on any atom is 0.303 e. The summed E-state index contributed by atoms with van der Waals surface area (Å²) in [6.07, 6.45) is 9.93. The summed E-state index contributed by atoms with van der Waals surface area (Å²) in [5, 5.41) is 18.6. The lowest BCUT2D eigenvalue weighted by atomic mass is 9.92. The number of nitrogens with two attached hydrogens (primary N) is 1. The Morgan fingerprint density at radius 2 is 1.46 bits per heavy atom. The van der Waals surface area contributed by atoms with Crippen LogP contribution in [-0.4, -0.2) is 28.2 Å². The molecule has 1 amide bonds. The van der Waals surface area contributed by atoms with Gasteiger partial charge in [0.05, 0.1) is 6.10 Å². The van der Waals surface area contributed by atoms with Crippen LogP contribution in [0, 0.1) is 11.8 Å². The first-order valence-electron chi connectivity index (χ1n) is 9.55. The zero-order valence-electron chi connectivity index (χ0n) is 15.5. The number of carbonyl (C=O) groups is 2. The van der Waals surface area contributed by atoms with Gasteiger partial charge in [-0.25, -0.2) is 0 Å². The van der Waals surface area contributed by atoms with Crippen LogP contribution in [0.1, 0.15) is 90.9 Å². The van der Waals surface area contributed by atoms with Gasteiger partial charge < -0.3 is 15.9 Å². The Morgan fingerprint density at radius 3 is 2.04 bits per heavy atom. The lowest BCUT2D eigenvalue weighted by molar-refractivity contribution is -0.138. The average molecular weight is 344 g/mol. The van der Waals surface area contributed by atoms with Crippen LogP contribution in [0.15, 0.2) is 0 Å². The molecule has 24 heavy (non-hydrogen) atoms. The fourth-order valence-electron chi connectivity index (χ4n) is 3.09. The highest BCUT2D eigenvalue weighted by atomic mass is 16.4. The van der Waals surface area contributed by atoms with Crippen LogP contribution >= 0.6 is 0 Å². The molecule has 0 aromatic rings. The Bertz CT molecular complexity index is 346. The fraction of sp³-hybridized carbons (Fsp3) is 0.895. The van der Waals surface area contributed by atoms with Crippen molar-refractivity contribution < 1.29 is 19.8 Å². The van der Waals surface area contributed by atoms with Crippen LogP contribution in [0.25, 0.3) is 0 Å². The SMILES string of the molecule is CCCCCC(O)CCCC(CCCCC(C)CC(=O)O)C(N)=O. The normalized spacial score (nSPS) is 15.0. The molecule has 142 valence electrons. The van der Waals surface area contributed by atoms with Crippen molar-refractivity contribution in [3.63, 3.8) is 0 Å². The average Bonchev–Trinajstić information content (AvgIpc) is 2.48. The van der Waals surface area contributed by atoms with Crippen molar-refractivity contribution in [2.75, 3.05) is 0 Å². The lowest BCUT2D eigenvalue weighted by Crippen LogP contribution is -2.23. The van der Waals surface area contributed by atoms with E-state index in [1.165, 1.54) is 0 Å². The quantitative estimate of drug-likeness (QED) is 0.370. The molecule has 0 aromatic carbocycles. The summed E-state index contributed by atoms with van der Waals surface area (Å²) in [6, 6.07) is 0. The number of hydrogen-bond acceptors (Lipinski definition) is 3. The van der Waals surface area contributed by atoms with E-state index in [-0.39, 0.29) is 30.3 Å². The number of unbranched alkanes of at least 4 members (excludes halogenated alkanes) is 3. The molecule has 0 radical (unpaired) electrons. The van der Waals surface area contributed by atoms with Gasteiger partial charge in [-0.05, 0) is 31.6 Å². The summed E-state index contributed by atoms with van der Waals surface area (Å²) in [6.45, 7) is 4.09. The molecule has 0 aliphatic carbocycles. The van der Waals surface area contributed by atoms with E-state index in [1.54, 1.807) is 0 Å². The monoisotopic (exact) mass is 343 g/mol. The third-order valence-electron chi connectivity index (χ3n) is 4.66. The predicted octanol–water partition coefficient (Wildman–Crippen LogP) is 3.87. The Labute approximate surface area is 147 Å². The minimum atomic E-state index is -0.755. The third kappa shape index (κ3) is 13.3. The minimum Gasteiger partial charge on any atom is -0.481 e. The summed E-state index contributed by atoms with van der Waals surface area (Å²) >= 11 is 0. The number of hydrogen-bond donors (Lipinski definition) is 3. The van der Waals surface area contributed by atoms with Crippen LogP contribution < -0.4 is 5.73 Å². The molecule has 0 heterocycles. The Kier molecular flexibility index (Phi) is 13.6. The van der Waals surface area contributed by atoms with E-state index in [0.29, 0.717) is 0 Å². The van der Waals surface area contributed by atoms with E-state index in [1.807, 2.05) is 6.92 Å². The standard InChI is InChI=1S/C19H37NO4/c1-3-4-5-12-17(21)13-8-11-16(19(20)24)10-7-6-9-15(2)14-18(22)23/h15-17,21H,3-14H2,1-2H3,(H2,20,24)(H,22,23). The Morgan fingerprint density at radius 1 is 0.917 bits per heavy atom. The molecule has 5 heteroatoms. The van der Waals surface area contributed by atoms with Crippen molar-refractivity contribution >= 4 is 11.9 Å². The van der Waals surface area contributed by atoms with Crippen molar-refractivity contribution in [2.45, 2.75) is 97.0 Å². The van der Waals surface area contributed by atoms with E-state index in [0.717, 1.165) is 70.6 Å². The van der Waals surface area contributed by atoms with Gasteiger partial charge in [0.25, 0.3) is 0 Å².